The van der Waals surface area contributed by atoms with Crippen LogP contribution in [0, 0.1) is 0 Å². The highest BCUT2D eigenvalue weighted by molar-refractivity contribution is 5.83. The quantitative estimate of drug-likeness (QED) is 0.658. The molecule has 0 spiro atoms. The summed E-state index contributed by atoms with van der Waals surface area (Å²) in [5.41, 5.74) is 0.690. The number of carbonyl (C=O) groups excluding carboxylic acids is 2. The van der Waals surface area contributed by atoms with Gasteiger partial charge < -0.3 is 24.1 Å². The van der Waals surface area contributed by atoms with E-state index in [1.807, 2.05) is 0 Å². The molecule has 9 heteroatoms. The van der Waals surface area contributed by atoms with Crippen molar-refractivity contribution in [3.63, 3.8) is 0 Å². The van der Waals surface area contributed by atoms with Crippen LogP contribution in [0.25, 0.3) is 11.4 Å². The Morgan fingerprint density at radius 2 is 1.96 bits per heavy atom. The van der Waals surface area contributed by atoms with Crippen LogP contribution in [0.2, 0.25) is 0 Å². The van der Waals surface area contributed by atoms with Crippen molar-refractivity contribution in [2.24, 2.45) is 0 Å². The Kier molecular flexibility index (Phi) is 7.16. The molecule has 1 amide bonds. The number of methoxy groups -OCH3 is 2. The molecule has 27 heavy (non-hydrogen) atoms. The average Bonchev–Trinajstić information content (AvgIpc) is 3.15. The van der Waals surface area contributed by atoms with Crippen LogP contribution in [-0.4, -0.2) is 48.9 Å². The summed E-state index contributed by atoms with van der Waals surface area (Å²) in [5.74, 6) is 0.953. The number of nitrogens with zero attached hydrogens (tertiary/aromatic N) is 2. The summed E-state index contributed by atoms with van der Waals surface area (Å²) in [7, 11) is 3.09. The van der Waals surface area contributed by atoms with Crippen molar-refractivity contribution in [1.82, 2.24) is 15.5 Å². The number of carbonyl (C=O) groups is 2. The third-order valence-electron chi connectivity index (χ3n) is 3.68. The minimum atomic E-state index is -0.845. The fourth-order valence-electron chi connectivity index (χ4n) is 2.29. The zero-order valence-corrected chi connectivity index (χ0v) is 15.8. The number of amides is 1. The van der Waals surface area contributed by atoms with Crippen molar-refractivity contribution in [3.8, 4) is 22.9 Å². The van der Waals surface area contributed by atoms with Crippen molar-refractivity contribution in [3.05, 3.63) is 24.1 Å². The van der Waals surface area contributed by atoms with E-state index in [-0.39, 0.29) is 18.7 Å². The lowest BCUT2D eigenvalue weighted by atomic mass is 10.2. The van der Waals surface area contributed by atoms with Crippen molar-refractivity contribution in [1.29, 1.82) is 0 Å². The summed E-state index contributed by atoms with van der Waals surface area (Å²) >= 11 is 0. The minimum absolute atomic E-state index is 0.0251. The number of aryl methyl sites for hydroxylation is 1. The number of benzene rings is 1. The van der Waals surface area contributed by atoms with E-state index in [2.05, 4.69) is 15.5 Å². The molecule has 0 bridgehead atoms. The zero-order valence-electron chi connectivity index (χ0n) is 15.8. The van der Waals surface area contributed by atoms with Crippen molar-refractivity contribution in [2.75, 3.05) is 20.8 Å². The van der Waals surface area contributed by atoms with Gasteiger partial charge in [-0.2, -0.15) is 4.98 Å². The van der Waals surface area contributed by atoms with E-state index in [0.717, 1.165) is 0 Å². The Bertz CT molecular complexity index is 789. The van der Waals surface area contributed by atoms with E-state index in [1.165, 1.54) is 14.0 Å². The van der Waals surface area contributed by atoms with Crippen LogP contribution < -0.4 is 14.8 Å². The molecule has 0 radical (unpaired) electrons. The first kappa shape index (κ1) is 20.2. The molecule has 0 unspecified atom stereocenters. The fraction of sp³-hybridized carbons (Fsp3) is 0.444. The maximum atomic E-state index is 11.8. The Morgan fingerprint density at radius 3 is 2.63 bits per heavy atom. The highest BCUT2D eigenvalue weighted by Gasteiger charge is 2.18. The summed E-state index contributed by atoms with van der Waals surface area (Å²) in [5, 5.41) is 6.50. The molecule has 1 heterocycles. The molecule has 2 rings (SSSR count). The lowest BCUT2D eigenvalue weighted by molar-refractivity contribution is -0.154. The van der Waals surface area contributed by atoms with Crippen LogP contribution in [0.1, 0.15) is 26.2 Å². The first-order chi connectivity index (χ1) is 13.0. The van der Waals surface area contributed by atoms with Gasteiger partial charge in [0.05, 0.1) is 20.6 Å². The highest BCUT2D eigenvalue weighted by atomic mass is 16.5. The Labute approximate surface area is 157 Å². The molecule has 146 valence electrons. The topological polar surface area (TPSA) is 113 Å². The van der Waals surface area contributed by atoms with Crippen LogP contribution in [0.15, 0.2) is 22.7 Å². The van der Waals surface area contributed by atoms with Crippen LogP contribution >= 0.6 is 0 Å². The Morgan fingerprint density at radius 1 is 1.22 bits per heavy atom. The molecule has 2 aromatic rings. The summed E-state index contributed by atoms with van der Waals surface area (Å²) in [6.07, 6.45) is -0.610. The lowest BCUT2D eigenvalue weighted by Gasteiger charge is -2.11. The molecular formula is C18H23N3O6. The van der Waals surface area contributed by atoms with Crippen LogP contribution in [0.5, 0.6) is 11.5 Å². The molecule has 1 aromatic carbocycles. The van der Waals surface area contributed by atoms with E-state index in [1.54, 1.807) is 32.2 Å². The van der Waals surface area contributed by atoms with Gasteiger partial charge in [0, 0.05) is 18.5 Å². The molecule has 1 aromatic heterocycles. The van der Waals surface area contributed by atoms with Gasteiger partial charge in [0.15, 0.2) is 17.6 Å². The van der Waals surface area contributed by atoms with Gasteiger partial charge in [-0.1, -0.05) is 5.16 Å². The third-order valence-corrected chi connectivity index (χ3v) is 3.68. The van der Waals surface area contributed by atoms with Gasteiger partial charge in [-0.05, 0) is 32.0 Å². The number of esters is 1. The summed E-state index contributed by atoms with van der Waals surface area (Å²) in [4.78, 5) is 27.7. The number of hydrogen-bond donors (Lipinski definition) is 1. The third kappa shape index (κ3) is 5.44. The second-order valence-electron chi connectivity index (χ2n) is 5.61. The summed E-state index contributed by atoms with van der Waals surface area (Å²) in [6.45, 7) is 3.78. The molecule has 0 aliphatic carbocycles. The predicted molar refractivity (Wildman–Crippen MR) is 95.4 cm³/mol. The largest absolute Gasteiger partial charge is 0.493 e. The molecule has 0 saturated carbocycles. The molecular weight excluding hydrogens is 354 g/mol. The fourth-order valence-corrected chi connectivity index (χ4v) is 2.29. The first-order valence-electron chi connectivity index (χ1n) is 8.50. The molecule has 0 saturated heterocycles. The van der Waals surface area contributed by atoms with Crippen molar-refractivity contribution < 1.29 is 28.3 Å². The van der Waals surface area contributed by atoms with Crippen molar-refractivity contribution in [2.45, 2.75) is 32.8 Å². The average molecular weight is 377 g/mol. The van der Waals surface area contributed by atoms with E-state index < -0.39 is 12.1 Å². The number of rotatable bonds is 9. The van der Waals surface area contributed by atoms with Gasteiger partial charge in [0.1, 0.15) is 0 Å². The van der Waals surface area contributed by atoms with E-state index >= 15 is 0 Å². The standard InChI is InChI=1S/C18H23N3O6/c1-5-19-18(23)11(2)26-16(22)9-8-15-20-17(21-27-15)12-6-7-13(24-3)14(10-12)25-4/h6-7,10-11H,5,8-9H2,1-4H3,(H,19,23)/t11-/m1/s1. The maximum Gasteiger partial charge on any atom is 0.307 e. The van der Waals surface area contributed by atoms with Crippen molar-refractivity contribution >= 4 is 11.9 Å². The second-order valence-corrected chi connectivity index (χ2v) is 5.61. The summed E-state index contributed by atoms with van der Waals surface area (Å²) < 4.78 is 20.7. The number of ether oxygens (including phenoxy) is 3. The van der Waals surface area contributed by atoms with Gasteiger partial charge in [-0.15, -0.1) is 0 Å². The Hall–Kier alpha value is -3.10. The SMILES string of the molecule is CCNC(=O)[C@@H](C)OC(=O)CCc1nc(-c2ccc(OC)c(OC)c2)no1. The van der Waals surface area contributed by atoms with E-state index in [4.69, 9.17) is 18.7 Å². The Balaban J connectivity index is 1.94. The molecule has 0 aliphatic heterocycles. The summed E-state index contributed by atoms with van der Waals surface area (Å²) in [6, 6.07) is 5.25. The number of nitrogens with one attached hydrogen (secondary N) is 1. The maximum absolute atomic E-state index is 11.8. The van der Waals surface area contributed by atoms with E-state index in [9.17, 15) is 9.59 Å². The predicted octanol–water partition coefficient (Wildman–Crippen LogP) is 1.75. The molecule has 0 aliphatic rings. The number of likely N-dealkylation sites (N-methyl/N-ethyl adjacent to an activating group) is 1. The van der Waals surface area contributed by atoms with Gasteiger partial charge >= 0.3 is 5.97 Å². The second kappa shape index (κ2) is 9.56. The molecule has 9 nitrogen and oxygen atoms in total. The van der Waals surface area contributed by atoms with Crippen LogP contribution in [0.4, 0.5) is 0 Å². The highest BCUT2D eigenvalue weighted by Crippen LogP contribution is 2.31. The van der Waals surface area contributed by atoms with Crippen LogP contribution in [-0.2, 0) is 20.7 Å². The monoisotopic (exact) mass is 377 g/mol. The molecule has 0 fully saturated rings. The van der Waals surface area contributed by atoms with Gasteiger partial charge in [0.2, 0.25) is 11.7 Å². The number of aromatic nitrogens is 2. The number of hydrogen-bond acceptors (Lipinski definition) is 8. The smallest absolute Gasteiger partial charge is 0.307 e. The van der Waals surface area contributed by atoms with Crippen LogP contribution in [0.3, 0.4) is 0 Å². The zero-order chi connectivity index (χ0) is 19.8. The minimum Gasteiger partial charge on any atom is -0.493 e. The molecule has 1 N–H and O–H groups in total. The molecule has 1 atom stereocenters. The van der Waals surface area contributed by atoms with Gasteiger partial charge in [-0.3, -0.25) is 9.59 Å². The first-order valence-corrected chi connectivity index (χ1v) is 8.50. The lowest BCUT2D eigenvalue weighted by Crippen LogP contribution is -2.35. The van der Waals surface area contributed by atoms with E-state index in [0.29, 0.717) is 35.3 Å². The normalized spacial score (nSPS) is 11.6. The van der Waals surface area contributed by atoms with Gasteiger partial charge in [0.25, 0.3) is 5.91 Å². The van der Waals surface area contributed by atoms with Gasteiger partial charge in [-0.25, -0.2) is 0 Å².